The number of nitrogens with zero attached hydrogens (tertiary/aromatic N) is 2. The molecular weight excluding hydrogens is 262 g/mol. The van der Waals surface area contributed by atoms with Gasteiger partial charge in [0, 0.05) is 23.5 Å². The summed E-state index contributed by atoms with van der Waals surface area (Å²) < 4.78 is 0. The Morgan fingerprint density at radius 1 is 1.33 bits per heavy atom. The normalized spacial score (nSPS) is 13.3. The molecule has 0 unspecified atom stereocenters. The van der Waals surface area contributed by atoms with Crippen LogP contribution in [0.4, 0.5) is 11.5 Å². The number of benzene rings is 1. The highest BCUT2D eigenvalue weighted by Crippen LogP contribution is 2.29. The lowest BCUT2D eigenvalue weighted by atomic mass is 10.1. The van der Waals surface area contributed by atoms with E-state index in [0.29, 0.717) is 11.4 Å². The largest absolute Gasteiger partial charge is 0.384 e. The van der Waals surface area contributed by atoms with Crippen LogP contribution in [0.3, 0.4) is 0 Å². The fraction of sp³-hybridized carbons (Fsp3) is 0.294. The summed E-state index contributed by atoms with van der Waals surface area (Å²) in [7, 11) is 0. The Kier molecular flexibility index (Phi) is 3.60. The van der Waals surface area contributed by atoms with Crippen LogP contribution in [-0.2, 0) is 12.8 Å². The van der Waals surface area contributed by atoms with Crippen LogP contribution in [0.25, 0.3) is 0 Å². The summed E-state index contributed by atoms with van der Waals surface area (Å²) in [5.74, 6) is 0.420. The zero-order chi connectivity index (χ0) is 14.8. The maximum absolute atomic E-state index is 12.8. The number of carbonyl (C=O) groups is 1. The molecule has 0 atom stereocenters. The quantitative estimate of drug-likeness (QED) is 0.941. The molecule has 0 bridgehead atoms. The molecule has 1 aliphatic heterocycles. The van der Waals surface area contributed by atoms with E-state index in [1.807, 2.05) is 29.2 Å². The first-order valence-electron chi connectivity index (χ1n) is 7.35. The molecule has 2 aromatic rings. The van der Waals surface area contributed by atoms with Crippen LogP contribution < -0.4 is 10.6 Å². The van der Waals surface area contributed by atoms with Crippen LogP contribution in [0.2, 0.25) is 0 Å². The molecule has 3 rings (SSSR count). The molecule has 1 amide bonds. The maximum atomic E-state index is 12.8. The molecule has 4 heteroatoms. The Bertz CT molecular complexity index is 681. The van der Waals surface area contributed by atoms with Gasteiger partial charge in [-0.3, -0.25) is 4.79 Å². The van der Waals surface area contributed by atoms with Gasteiger partial charge in [0.05, 0.1) is 0 Å². The van der Waals surface area contributed by atoms with Gasteiger partial charge in [0.25, 0.3) is 5.91 Å². The first-order valence-corrected chi connectivity index (χ1v) is 7.35. The van der Waals surface area contributed by atoms with E-state index in [1.165, 1.54) is 5.56 Å². The first kappa shape index (κ1) is 13.6. The van der Waals surface area contributed by atoms with Crippen LogP contribution in [0.15, 0.2) is 36.4 Å². The topological polar surface area (TPSA) is 59.2 Å². The third-order valence-corrected chi connectivity index (χ3v) is 3.78. The number of aryl methyl sites for hydroxylation is 1. The van der Waals surface area contributed by atoms with Crippen LogP contribution in [0.5, 0.6) is 0 Å². The number of fused-ring (bicyclic) bond motifs is 1. The molecule has 1 aromatic carbocycles. The predicted molar refractivity (Wildman–Crippen MR) is 84.5 cm³/mol. The molecule has 0 saturated heterocycles. The second-order valence-electron chi connectivity index (χ2n) is 5.36. The lowest BCUT2D eigenvalue weighted by Gasteiger charge is -2.18. The molecule has 108 valence electrons. The second kappa shape index (κ2) is 5.56. The number of pyridine rings is 1. The van der Waals surface area contributed by atoms with E-state index in [-0.39, 0.29) is 5.91 Å². The zero-order valence-corrected chi connectivity index (χ0v) is 12.2. The van der Waals surface area contributed by atoms with Crippen LogP contribution >= 0.6 is 0 Å². The minimum Gasteiger partial charge on any atom is -0.384 e. The van der Waals surface area contributed by atoms with Crippen molar-refractivity contribution in [1.29, 1.82) is 0 Å². The van der Waals surface area contributed by atoms with Crippen LogP contribution in [0, 0.1) is 0 Å². The number of aromatic nitrogens is 1. The van der Waals surface area contributed by atoms with Gasteiger partial charge in [-0.25, -0.2) is 4.98 Å². The number of carbonyl (C=O) groups excluding carboxylic acids is 1. The number of para-hydroxylation sites is 1. The minimum absolute atomic E-state index is 0.00593. The molecule has 0 saturated carbocycles. The minimum atomic E-state index is 0.00593. The highest BCUT2D eigenvalue weighted by atomic mass is 16.2. The van der Waals surface area contributed by atoms with Gasteiger partial charge >= 0.3 is 0 Å². The summed E-state index contributed by atoms with van der Waals surface area (Å²) in [5.41, 5.74) is 9.58. The molecule has 0 fully saturated rings. The monoisotopic (exact) mass is 281 g/mol. The zero-order valence-electron chi connectivity index (χ0n) is 12.2. The van der Waals surface area contributed by atoms with E-state index in [4.69, 9.17) is 5.73 Å². The molecule has 0 aliphatic carbocycles. The van der Waals surface area contributed by atoms with Gasteiger partial charge in [0.2, 0.25) is 0 Å². The van der Waals surface area contributed by atoms with E-state index >= 15 is 0 Å². The van der Waals surface area contributed by atoms with Crippen molar-refractivity contribution in [3.63, 3.8) is 0 Å². The summed E-state index contributed by atoms with van der Waals surface area (Å²) >= 11 is 0. The van der Waals surface area contributed by atoms with E-state index in [1.54, 1.807) is 6.07 Å². The molecule has 2 heterocycles. The van der Waals surface area contributed by atoms with E-state index < -0.39 is 0 Å². The summed E-state index contributed by atoms with van der Waals surface area (Å²) in [4.78, 5) is 18.9. The molecule has 4 nitrogen and oxygen atoms in total. The van der Waals surface area contributed by atoms with Crippen molar-refractivity contribution in [3.8, 4) is 0 Å². The second-order valence-corrected chi connectivity index (χ2v) is 5.36. The molecule has 0 radical (unpaired) electrons. The smallest absolute Gasteiger partial charge is 0.258 e. The summed E-state index contributed by atoms with van der Waals surface area (Å²) in [6.45, 7) is 2.81. The Morgan fingerprint density at radius 2 is 2.14 bits per heavy atom. The van der Waals surface area contributed by atoms with Crippen molar-refractivity contribution in [2.75, 3.05) is 17.2 Å². The summed E-state index contributed by atoms with van der Waals surface area (Å²) in [6.07, 6.45) is 2.73. The van der Waals surface area contributed by atoms with Gasteiger partial charge in [0.15, 0.2) is 0 Å². The van der Waals surface area contributed by atoms with Gasteiger partial charge in [-0.15, -0.1) is 0 Å². The van der Waals surface area contributed by atoms with Gasteiger partial charge in [-0.05, 0) is 36.6 Å². The Labute approximate surface area is 124 Å². The Balaban J connectivity index is 1.93. The molecule has 21 heavy (non-hydrogen) atoms. The fourth-order valence-electron chi connectivity index (χ4n) is 2.82. The standard InChI is InChI=1S/C17H19N3O/c1-2-5-14-10-13(11-16(18)19-14)17(21)20-9-8-12-6-3-4-7-15(12)20/h3-4,6-7,10-11H,2,5,8-9H2,1H3,(H2,18,19). The number of amides is 1. The van der Waals surface area contributed by atoms with E-state index in [2.05, 4.69) is 18.0 Å². The number of anilines is 2. The third-order valence-electron chi connectivity index (χ3n) is 3.78. The summed E-state index contributed by atoms with van der Waals surface area (Å²) in [6, 6.07) is 11.6. The number of rotatable bonds is 3. The van der Waals surface area contributed by atoms with Crippen molar-refractivity contribution in [3.05, 3.63) is 53.2 Å². The van der Waals surface area contributed by atoms with Gasteiger partial charge in [-0.2, -0.15) is 0 Å². The summed E-state index contributed by atoms with van der Waals surface area (Å²) in [5, 5.41) is 0. The molecular formula is C17H19N3O. The maximum Gasteiger partial charge on any atom is 0.258 e. The van der Waals surface area contributed by atoms with Crippen molar-refractivity contribution < 1.29 is 4.79 Å². The lowest BCUT2D eigenvalue weighted by molar-refractivity contribution is 0.0989. The lowest BCUT2D eigenvalue weighted by Crippen LogP contribution is -2.29. The van der Waals surface area contributed by atoms with Crippen molar-refractivity contribution in [2.45, 2.75) is 26.2 Å². The molecule has 2 N–H and O–H groups in total. The number of hydrogen-bond acceptors (Lipinski definition) is 3. The third kappa shape index (κ3) is 2.61. The van der Waals surface area contributed by atoms with E-state index in [0.717, 1.165) is 37.2 Å². The van der Waals surface area contributed by atoms with Crippen LogP contribution in [-0.4, -0.2) is 17.4 Å². The van der Waals surface area contributed by atoms with Gasteiger partial charge in [-0.1, -0.05) is 31.5 Å². The first-order chi connectivity index (χ1) is 10.2. The van der Waals surface area contributed by atoms with Crippen molar-refractivity contribution in [1.82, 2.24) is 4.98 Å². The van der Waals surface area contributed by atoms with Gasteiger partial charge < -0.3 is 10.6 Å². The molecule has 1 aromatic heterocycles. The number of nitrogen functional groups attached to an aromatic ring is 1. The SMILES string of the molecule is CCCc1cc(C(=O)N2CCc3ccccc32)cc(N)n1. The average Bonchev–Trinajstić information content (AvgIpc) is 2.90. The molecule has 1 aliphatic rings. The Hall–Kier alpha value is -2.36. The van der Waals surface area contributed by atoms with Crippen molar-refractivity contribution >= 4 is 17.4 Å². The highest BCUT2D eigenvalue weighted by molar-refractivity contribution is 6.07. The number of nitrogens with two attached hydrogens (primary N) is 1. The predicted octanol–water partition coefficient (Wildman–Crippen LogP) is 2.82. The van der Waals surface area contributed by atoms with Gasteiger partial charge in [0.1, 0.15) is 5.82 Å². The van der Waals surface area contributed by atoms with Crippen LogP contribution in [0.1, 0.15) is 35.0 Å². The van der Waals surface area contributed by atoms with Crippen molar-refractivity contribution in [2.24, 2.45) is 0 Å². The Morgan fingerprint density at radius 3 is 2.95 bits per heavy atom. The average molecular weight is 281 g/mol. The highest BCUT2D eigenvalue weighted by Gasteiger charge is 2.25. The fourth-order valence-corrected chi connectivity index (χ4v) is 2.82. The molecule has 0 spiro atoms. The number of hydrogen-bond donors (Lipinski definition) is 1. The van der Waals surface area contributed by atoms with E-state index in [9.17, 15) is 4.79 Å².